The van der Waals surface area contributed by atoms with Gasteiger partial charge in [-0.05, 0) is 28.8 Å². The van der Waals surface area contributed by atoms with Gasteiger partial charge in [-0.2, -0.15) is 0 Å². The molecule has 0 spiro atoms. The summed E-state index contributed by atoms with van der Waals surface area (Å²) >= 11 is 3.54. The van der Waals surface area contributed by atoms with Gasteiger partial charge in [0.15, 0.2) is 0 Å². The molecule has 2 aromatic carbocycles. The molecule has 1 unspecified atom stereocenters. The van der Waals surface area contributed by atoms with Crippen molar-refractivity contribution in [2.24, 2.45) is 5.73 Å². The van der Waals surface area contributed by atoms with Crippen LogP contribution >= 0.6 is 15.9 Å². The van der Waals surface area contributed by atoms with Gasteiger partial charge >= 0.3 is 5.97 Å². The Morgan fingerprint density at radius 1 is 1.26 bits per heavy atom. The Labute approximate surface area is 120 Å². The highest BCUT2D eigenvalue weighted by atomic mass is 79.9. The minimum atomic E-state index is -0.225. The lowest BCUT2D eigenvalue weighted by atomic mass is 9.96. The first-order valence-corrected chi connectivity index (χ1v) is 6.92. The van der Waals surface area contributed by atoms with Gasteiger partial charge in [0.2, 0.25) is 0 Å². The van der Waals surface area contributed by atoms with Crippen LogP contribution in [0.4, 0.5) is 0 Å². The van der Waals surface area contributed by atoms with Gasteiger partial charge < -0.3 is 10.5 Å². The number of methoxy groups -OCH3 is 1. The summed E-state index contributed by atoms with van der Waals surface area (Å²) in [6, 6.07) is 11.9. The van der Waals surface area contributed by atoms with E-state index in [0.29, 0.717) is 12.8 Å². The number of rotatable bonds is 4. The maximum atomic E-state index is 11.2. The maximum Gasteiger partial charge on any atom is 0.305 e. The lowest BCUT2D eigenvalue weighted by molar-refractivity contribution is -0.140. The summed E-state index contributed by atoms with van der Waals surface area (Å²) in [7, 11) is 1.39. The predicted molar refractivity (Wildman–Crippen MR) is 79.8 cm³/mol. The third kappa shape index (κ3) is 3.14. The third-order valence-corrected chi connectivity index (χ3v) is 3.88. The van der Waals surface area contributed by atoms with Gasteiger partial charge in [0, 0.05) is 16.9 Å². The minimum Gasteiger partial charge on any atom is -0.469 e. The molecule has 1 atom stereocenters. The van der Waals surface area contributed by atoms with Crippen LogP contribution in [-0.4, -0.2) is 13.1 Å². The number of benzene rings is 2. The Hall–Kier alpha value is -1.39. The molecule has 0 aliphatic rings. The number of esters is 1. The van der Waals surface area contributed by atoms with Crippen molar-refractivity contribution >= 4 is 32.7 Å². The van der Waals surface area contributed by atoms with E-state index in [4.69, 9.17) is 5.73 Å². The van der Waals surface area contributed by atoms with Crippen molar-refractivity contribution in [3.05, 3.63) is 46.4 Å². The number of halogens is 1. The van der Waals surface area contributed by atoms with E-state index in [9.17, 15) is 4.79 Å². The number of ether oxygens (including phenoxy) is 1. The molecule has 0 amide bonds. The molecule has 2 rings (SSSR count). The Morgan fingerprint density at radius 3 is 2.63 bits per heavy atom. The highest BCUT2D eigenvalue weighted by molar-refractivity contribution is 9.10. The lowest BCUT2D eigenvalue weighted by Crippen LogP contribution is -2.13. The topological polar surface area (TPSA) is 52.3 Å². The van der Waals surface area contributed by atoms with Gasteiger partial charge in [-0.15, -0.1) is 0 Å². The van der Waals surface area contributed by atoms with Gasteiger partial charge in [-0.3, -0.25) is 4.79 Å². The van der Waals surface area contributed by atoms with Crippen molar-refractivity contribution in [3.8, 4) is 0 Å². The summed E-state index contributed by atoms with van der Waals surface area (Å²) in [6.07, 6.45) is 0.917. The normalized spacial score (nSPS) is 12.4. The second-order valence-corrected chi connectivity index (χ2v) is 5.26. The highest BCUT2D eigenvalue weighted by Crippen LogP contribution is 2.30. The molecule has 0 aromatic heterocycles. The molecule has 2 N–H and O–H groups in total. The summed E-state index contributed by atoms with van der Waals surface area (Å²) < 4.78 is 5.69. The number of hydrogen-bond donors (Lipinski definition) is 1. The van der Waals surface area contributed by atoms with Gasteiger partial charge in [0.1, 0.15) is 0 Å². The fraction of sp³-hybridized carbons (Fsp3) is 0.267. The van der Waals surface area contributed by atoms with Crippen LogP contribution in [0.2, 0.25) is 0 Å². The first kappa shape index (κ1) is 14.0. The van der Waals surface area contributed by atoms with E-state index in [1.807, 2.05) is 30.3 Å². The largest absolute Gasteiger partial charge is 0.469 e. The second-order valence-electron chi connectivity index (χ2n) is 4.40. The summed E-state index contributed by atoms with van der Waals surface area (Å²) in [5.41, 5.74) is 7.25. The average molecular weight is 322 g/mol. The monoisotopic (exact) mass is 321 g/mol. The molecule has 0 bridgehead atoms. The zero-order valence-electron chi connectivity index (χ0n) is 10.7. The summed E-state index contributed by atoms with van der Waals surface area (Å²) in [5, 5.41) is 2.25. The van der Waals surface area contributed by atoms with Crippen molar-refractivity contribution in [3.63, 3.8) is 0 Å². The Balaban J connectivity index is 2.29. The number of hydrogen-bond acceptors (Lipinski definition) is 3. The van der Waals surface area contributed by atoms with E-state index in [-0.39, 0.29) is 12.0 Å². The second kappa shape index (κ2) is 6.17. The number of fused-ring (bicyclic) bond motifs is 1. The third-order valence-electron chi connectivity index (χ3n) is 3.19. The van der Waals surface area contributed by atoms with Crippen LogP contribution in [0.5, 0.6) is 0 Å². The van der Waals surface area contributed by atoms with Crippen LogP contribution in [0.25, 0.3) is 10.8 Å². The zero-order chi connectivity index (χ0) is 13.8. The van der Waals surface area contributed by atoms with E-state index in [2.05, 4.69) is 26.7 Å². The molecule has 0 radical (unpaired) electrons. The van der Waals surface area contributed by atoms with E-state index in [1.165, 1.54) is 7.11 Å². The van der Waals surface area contributed by atoms with Crippen LogP contribution in [-0.2, 0) is 9.53 Å². The standard InChI is InChI=1S/C15H16BrNO2/c1-19-15(18)9-8-14(17)12-6-7-13(16)11-5-3-2-4-10(11)12/h2-7,14H,8-9,17H2,1H3. The fourth-order valence-electron chi connectivity index (χ4n) is 2.14. The van der Waals surface area contributed by atoms with E-state index in [0.717, 1.165) is 20.8 Å². The van der Waals surface area contributed by atoms with Crippen molar-refractivity contribution in [1.29, 1.82) is 0 Å². The molecule has 100 valence electrons. The SMILES string of the molecule is COC(=O)CCC(N)c1ccc(Br)c2ccccc12. The van der Waals surface area contributed by atoms with Crippen LogP contribution in [0, 0.1) is 0 Å². The highest BCUT2D eigenvalue weighted by Gasteiger charge is 2.13. The quantitative estimate of drug-likeness (QED) is 0.876. The van der Waals surface area contributed by atoms with Gasteiger partial charge in [0.25, 0.3) is 0 Å². The Kier molecular flexibility index (Phi) is 4.56. The smallest absolute Gasteiger partial charge is 0.305 e. The van der Waals surface area contributed by atoms with Gasteiger partial charge in [-0.25, -0.2) is 0 Å². The van der Waals surface area contributed by atoms with Crippen LogP contribution in [0.3, 0.4) is 0 Å². The number of nitrogens with two attached hydrogens (primary N) is 1. The lowest BCUT2D eigenvalue weighted by Gasteiger charge is -2.15. The molecule has 0 heterocycles. The van der Waals surface area contributed by atoms with Crippen molar-refractivity contribution in [1.82, 2.24) is 0 Å². The summed E-state index contributed by atoms with van der Waals surface area (Å²) in [5.74, 6) is -0.225. The molecule has 0 fully saturated rings. The molecule has 0 aliphatic carbocycles. The Morgan fingerprint density at radius 2 is 1.95 bits per heavy atom. The van der Waals surface area contributed by atoms with Gasteiger partial charge in [-0.1, -0.05) is 46.3 Å². The molecule has 0 saturated carbocycles. The average Bonchev–Trinajstić information content (AvgIpc) is 2.45. The van der Waals surface area contributed by atoms with E-state index < -0.39 is 0 Å². The maximum absolute atomic E-state index is 11.2. The van der Waals surface area contributed by atoms with Crippen molar-refractivity contribution in [2.75, 3.05) is 7.11 Å². The van der Waals surface area contributed by atoms with Crippen LogP contribution < -0.4 is 5.73 Å². The van der Waals surface area contributed by atoms with Crippen molar-refractivity contribution < 1.29 is 9.53 Å². The molecule has 0 saturated heterocycles. The molecule has 4 heteroatoms. The van der Waals surface area contributed by atoms with Crippen LogP contribution in [0.15, 0.2) is 40.9 Å². The zero-order valence-corrected chi connectivity index (χ0v) is 12.3. The molecular formula is C15H16BrNO2. The fourth-order valence-corrected chi connectivity index (χ4v) is 2.62. The molecule has 3 nitrogen and oxygen atoms in total. The number of carbonyl (C=O) groups is 1. The molecular weight excluding hydrogens is 306 g/mol. The van der Waals surface area contributed by atoms with Crippen LogP contribution in [0.1, 0.15) is 24.4 Å². The van der Waals surface area contributed by atoms with E-state index >= 15 is 0 Å². The predicted octanol–water partition coefficient (Wildman–Crippen LogP) is 3.56. The Bertz CT molecular complexity index is 598. The van der Waals surface area contributed by atoms with Gasteiger partial charge in [0.05, 0.1) is 7.11 Å². The first-order valence-electron chi connectivity index (χ1n) is 6.13. The van der Waals surface area contributed by atoms with E-state index in [1.54, 1.807) is 0 Å². The minimum absolute atomic E-state index is 0.169. The molecule has 19 heavy (non-hydrogen) atoms. The number of carbonyl (C=O) groups excluding carboxylic acids is 1. The first-order chi connectivity index (χ1) is 9.13. The molecule has 0 aliphatic heterocycles. The molecule has 2 aromatic rings. The summed E-state index contributed by atoms with van der Waals surface area (Å²) in [4.78, 5) is 11.2. The summed E-state index contributed by atoms with van der Waals surface area (Å²) in [6.45, 7) is 0. The van der Waals surface area contributed by atoms with Crippen molar-refractivity contribution in [2.45, 2.75) is 18.9 Å².